The smallest absolute Gasteiger partial charge is 0.339 e. The van der Waals surface area contributed by atoms with E-state index in [1.54, 1.807) is 18.5 Å². The molecule has 0 unspecified atom stereocenters. The number of hydrogen-bond donors (Lipinski definition) is 1. The minimum Gasteiger partial charge on any atom is -0.478 e. The third kappa shape index (κ3) is 1.46. The van der Waals surface area contributed by atoms with Gasteiger partial charge in [0.1, 0.15) is 5.56 Å². The summed E-state index contributed by atoms with van der Waals surface area (Å²) in [5.41, 5.74) is 0.575. The van der Waals surface area contributed by atoms with Crippen molar-refractivity contribution in [2.45, 2.75) is 0 Å². The highest BCUT2D eigenvalue weighted by Gasteiger charge is 2.09. The van der Waals surface area contributed by atoms with E-state index in [0.29, 0.717) is 10.9 Å². The van der Waals surface area contributed by atoms with Crippen molar-refractivity contribution in [2.75, 3.05) is 0 Å². The van der Waals surface area contributed by atoms with Crippen LogP contribution in [0.5, 0.6) is 0 Å². The van der Waals surface area contributed by atoms with E-state index in [2.05, 4.69) is 25.9 Å². The summed E-state index contributed by atoms with van der Waals surface area (Å²) in [5.74, 6) is -1.02. The second-order valence-electron chi connectivity index (χ2n) is 2.72. The number of halogens is 1. The van der Waals surface area contributed by atoms with Gasteiger partial charge in [-0.05, 0) is 22.0 Å². The molecule has 0 fully saturated rings. The first-order chi connectivity index (χ1) is 6.68. The number of rotatable bonds is 1. The maximum atomic E-state index is 10.8. The second-order valence-corrected chi connectivity index (χ2v) is 3.63. The van der Waals surface area contributed by atoms with E-state index in [-0.39, 0.29) is 5.56 Å². The Morgan fingerprint density at radius 1 is 1.36 bits per heavy atom. The number of pyridine rings is 2. The molecule has 0 radical (unpaired) electrons. The van der Waals surface area contributed by atoms with Gasteiger partial charge >= 0.3 is 5.97 Å². The summed E-state index contributed by atoms with van der Waals surface area (Å²) in [6.45, 7) is 0. The van der Waals surface area contributed by atoms with Gasteiger partial charge in [-0.1, -0.05) is 0 Å². The number of aromatic carboxylic acids is 1. The average Bonchev–Trinajstić information content (AvgIpc) is 2.16. The van der Waals surface area contributed by atoms with Crippen molar-refractivity contribution < 1.29 is 9.90 Å². The molecule has 2 aromatic heterocycles. The highest BCUT2D eigenvalue weighted by Crippen LogP contribution is 2.18. The molecule has 2 aromatic rings. The Bertz CT molecular complexity index is 513. The standard InChI is InChI=1S/C9H5BrN2O2/c10-6-1-5-2-11-4-7(9(13)14)8(5)12-3-6/h1-4H,(H,13,14). The van der Waals surface area contributed by atoms with Gasteiger partial charge in [-0.2, -0.15) is 0 Å². The zero-order valence-electron chi connectivity index (χ0n) is 6.94. The maximum Gasteiger partial charge on any atom is 0.339 e. The molecular formula is C9H5BrN2O2. The Labute approximate surface area is 87.7 Å². The largest absolute Gasteiger partial charge is 0.478 e. The van der Waals surface area contributed by atoms with Crippen molar-refractivity contribution in [3.63, 3.8) is 0 Å². The number of fused-ring (bicyclic) bond motifs is 1. The van der Waals surface area contributed by atoms with E-state index < -0.39 is 5.97 Å². The van der Waals surface area contributed by atoms with Crippen LogP contribution >= 0.6 is 15.9 Å². The minimum absolute atomic E-state index is 0.120. The lowest BCUT2D eigenvalue weighted by Gasteiger charge is -2.00. The molecule has 1 N–H and O–H groups in total. The lowest BCUT2D eigenvalue weighted by molar-refractivity contribution is 0.0698. The van der Waals surface area contributed by atoms with Crippen molar-refractivity contribution in [2.24, 2.45) is 0 Å². The van der Waals surface area contributed by atoms with Crippen LogP contribution in [0, 0.1) is 0 Å². The molecule has 0 aliphatic heterocycles. The SMILES string of the molecule is O=C(O)c1cncc2cc(Br)cnc12. The molecule has 0 bridgehead atoms. The molecule has 0 amide bonds. The molecule has 4 nitrogen and oxygen atoms in total. The van der Waals surface area contributed by atoms with Crippen LogP contribution in [0.1, 0.15) is 10.4 Å². The number of nitrogens with zero attached hydrogens (tertiary/aromatic N) is 2. The summed E-state index contributed by atoms with van der Waals surface area (Å²) >= 11 is 3.26. The first-order valence-electron chi connectivity index (χ1n) is 3.81. The molecule has 0 aliphatic rings. The van der Waals surface area contributed by atoms with Gasteiger partial charge in [0.05, 0.1) is 5.52 Å². The lowest BCUT2D eigenvalue weighted by atomic mass is 10.2. The molecule has 0 saturated carbocycles. The van der Waals surface area contributed by atoms with Gasteiger partial charge in [-0.15, -0.1) is 0 Å². The summed E-state index contributed by atoms with van der Waals surface area (Å²) < 4.78 is 0.800. The number of carbonyl (C=O) groups is 1. The quantitative estimate of drug-likeness (QED) is 0.845. The molecule has 0 atom stereocenters. The van der Waals surface area contributed by atoms with Crippen molar-refractivity contribution in [3.05, 3.63) is 34.7 Å². The predicted octanol–water partition coefficient (Wildman–Crippen LogP) is 2.09. The van der Waals surface area contributed by atoms with Gasteiger partial charge in [-0.3, -0.25) is 9.97 Å². The number of carboxylic acids is 1. The normalized spacial score (nSPS) is 10.4. The molecule has 0 aromatic carbocycles. The van der Waals surface area contributed by atoms with Crippen LogP contribution in [0.4, 0.5) is 0 Å². The molecule has 0 saturated heterocycles. The first kappa shape index (κ1) is 9.08. The number of carboxylic acid groups (broad SMARTS) is 1. The van der Waals surface area contributed by atoms with Crippen molar-refractivity contribution in [3.8, 4) is 0 Å². The minimum atomic E-state index is -1.02. The fourth-order valence-corrected chi connectivity index (χ4v) is 1.54. The van der Waals surface area contributed by atoms with Crippen LogP contribution in [-0.2, 0) is 0 Å². The molecular weight excluding hydrogens is 248 g/mol. The Morgan fingerprint density at radius 2 is 2.14 bits per heavy atom. The number of aromatic nitrogens is 2. The van der Waals surface area contributed by atoms with E-state index in [1.165, 1.54) is 6.20 Å². The second kappa shape index (κ2) is 3.34. The van der Waals surface area contributed by atoms with Gasteiger partial charge in [0.25, 0.3) is 0 Å². The van der Waals surface area contributed by atoms with E-state index in [1.807, 2.05) is 0 Å². The Balaban J connectivity index is 2.81. The summed E-state index contributed by atoms with van der Waals surface area (Å²) in [5, 5.41) is 9.57. The molecule has 0 aliphatic carbocycles. The van der Waals surface area contributed by atoms with Gasteiger partial charge in [-0.25, -0.2) is 4.79 Å². The van der Waals surface area contributed by atoms with Gasteiger partial charge in [0.2, 0.25) is 0 Å². The summed E-state index contributed by atoms with van der Waals surface area (Å²) in [4.78, 5) is 18.7. The summed E-state index contributed by atoms with van der Waals surface area (Å²) in [6.07, 6.45) is 4.44. The Morgan fingerprint density at radius 3 is 2.86 bits per heavy atom. The highest BCUT2D eigenvalue weighted by molar-refractivity contribution is 9.10. The van der Waals surface area contributed by atoms with E-state index in [9.17, 15) is 4.79 Å². The maximum absolute atomic E-state index is 10.8. The molecule has 0 spiro atoms. The van der Waals surface area contributed by atoms with Gasteiger partial charge < -0.3 is 5.11 Å². The van der Waals surface area contributed by atoms with Crippen LogP contribution < -0.4 is 0 Å². The Hall–Kier alpha value is -1.49. The summed E-state index contributed by atoms with van der Waals surface area (Å²) in [7, 11) is 0. The monoisotopic (exact) mass is 252 g/mol. The molecule has 14 heavy (non-hydrogen) atoms. The zero-order valence-corrected chi connectivity index (χ0v) is 8.52. The van der Waals surface area contributed by atoms with Gasteiger partial charge in [0, 0.05) is 28.4 Å². The third-order valence-corrected chi connectivity index (χ3v) is 2.22. The first-order valence-corrected chi connectivity index (χ1v) is 4.60. The highest BCUT2D eigenvalue weighted by atomic mass is 79.9. The summed E-state index contributed by atoms with van der Waals surface area (Å²) in [6, 6.07) is 1.78. The fraction of sp³-hybridized carbons (Fsp3) is 0. The predicted molar refractivity (Wildman–Crippen MR) is 54.2 cm³/mol. The van der Waals surface area contributed by atoms with Crippen LogP contribution in [0.25, 0.3) is 10.9 Å². The van der Waals surface area contributed by atoms with Gasteiger partial charge in [0.15, 0.2) is 0 Å². The van der Waals surface area contributed by atoms with E-state index in [0.717, 1.165) is 4.47 Å². The van der Waals surface area contributed by atoms with Crippen molar-refractivity contribution in [1.82, 2.24) is 9.97 Å². The van der Waals surface area contributed by atoms with Crippen LogP contribution in [0.3, 0.4) is 0 Å². The fourth-order valence-electron chi connectivity index (χ4n) is 1.19. The van der Waals surface area contributed by atoms with E-state index in [4.69, 9.17) is 5.11 Å². The average molecular weight is 253 g/mol. The topological polar surface area (TPSA) is 63.1 Å². The molecule has 70 valence electrons. The van der Waals surface area contributed by atoms with Crippen molar-refractivity contribution in [1.29, 1.82) is 0 Å². The molecule has 2 heterocycles. The van der Waals surface area contributed by atoms with Crippen molar-refractivity contribution >= 4 is 32.8 Å². The van der Waals surface area contributed by atoms with E-state index >= 15 is 0 Å². The Kier molecular flexibility index (Phi) is 2.17. The number of hydrogen-bond acceptors (Lipinski definition) is 3. The van der Waals surface area contributed by atoms with Crippen LogP contribution in [0.15, 0.2) is 29.1 Å². The van der Waals surface area contributed by atoms with Crippen LogP contribution in [-0.4, -0.2) is 21.0 Å². The lowest BCUT2D eigenvalue weighted by Crippen LogP contribution is -1.99. The molecule has 5 heteroatoms. The van der Waals surface area contributed by atoms with Crippen LogP contribution in [0.2, 0.25) is 0 Å². The molecule has 2 rings (SSSR count). The third-order valence-electron chi connectivity index (χ3n) is 1.79. The zero-order chi connectivity index (χ0) is 10.1.